The Bertz CT molecular complexity index is 1300. The van der Waals surface area contributed by atoms with E-state index >= 15 is 0 Å². The van der Waals surface area contributed by atoms with Gasteiger partial charge in [-0.05, 0) is 68.0 Å². The zero-order chi connectivity index (χ0) is 26.9. The number of benzene rings is 3. The number of anilines is 1. The average Bonchev–Trinajstić information content (AvgIpc) is 2.95. The van der Waals surface area contributed by atoms with Gasteiger partial charge in [0.05, 0.1) is 5.71 Å². The molecule has 0 aromatic heterocycles. The Morgan fingerprint density at radius 1 is 0.947 bits per heavy atom. The third kappa shape index (κ3) is 6.85. The smallest absolute Gasteiger partial charge is 0.308 e. The lowest BCUT2D eigenvalue weighted by molar-refractivity contribution is -0.131. The SMILES string of the molecule is CC(=O)Oc1cc(NC(=O)c2ccccc2)ccc1C(CCC1CCN(C(=O)c2ccccc2)CC1)=NO. The molecule has 0 radical (unpaired) electrons. The zero-order valence-electron chi connectivity index (χ0n) is 21.3. The standard InChI is InChI=1S/C30H31N3O5/c1-21(34)38-28-20-25(31-29(35)23-8-4-2-5-9-23)13-14-26(28)27(32-37)15-12-22-16-18-33(19-17-22)30(36)24-10-6-3-7-11-24/h2-11,13-14,20,22,37H,12,15-19H2,1H3,(H,31,35). The van der Waals surface area contributed by atoms with Gasteiger partial charge in [-0.1, -0.05) is 41.6 Å². The first kappa shape index (κ1) is 26.6. The third-order valence-electron chi connectivity index (χ3n) is 6.67. The number of oxime groups is 1. The van der Waals surface area contributed by atoms with E-state index in [2.05, 4.69) is 10.5 Å². The van der Waals surface area contributed by atoms with Crippen LogP contribution in [0.15, 0.2) is 84.0 Å². The lowest BCUT2D eigenvalue weighted by atomic mass is 9.89. The molecule has 38 heavy (non-hydrogen) atoms. The van der Waals surface area contributed by atoms with E-state index in [-0.39, 0.29) is 17.6 Å². The molecule has 0 bridgehead atoms. The predicted octanol–water partition coefficient (Wildman–Crippen LogP) is 5.38. The number of carbonyl (C=O) groups excluding carboxylic acids is 3. The monoisotopic (exact) mass is 513 g/mol. The summed E-state index contributed by atoms with van der Waals surface area (Å²) < 4.78 is 5.40. The fourth-order valence-corrected chi connectivity index (χ4v) is 4.64. The number of amides is 2. The van der Waals surface area contributed by atoms with Crippen LogP contribution in [0.5, 0.6) is 5.75 Å². The van der Waals surface area contributed by atoms with Crippen LogP contribution in [0.25, 0.3) is 0 Å². The Labute approximate surface area is 221 Å². The Hall–Kier alpha value is -4.46. The normalized spacial score (nSPS) is 14.1. The molecule has 2 amide bonds. The van der Waals surface area contributed by atoms with Gasteiger partial charge in [-0.3, -0.25) is 14.4 Å². The maximum atomic E-state index is 12.7. The molecule has 2 N–H and O–H groups in total. The molecular weight excluding hydrogens is 482 g/mol. The summed E-state index contributed by atoms with van der Waals surface area (Å²) >= 11 is 0. The van der Waals surface area contributed by atoms with Crippen molar-refractivity contribution in [2.75, 3.05) is 18.4 Å². The van der Waals surface area contributed by atoms with Crippen molar-refractivity contribution in [3.8, 4) is 5.75 Å². The van der Waals surface area contributed by atoms with E-state index in [1.54, 1.807) is 42.5 Å². The van der Waals surface area contributed by atoms with Gasteiger partial charge < -0.3 is 20.2 Å². The number of nitrogens with one attached hydrogen (secondary N) is 1. The zero-order valence-corrected chi connectivity index (χ0v) is 21.3. The van der Waals surface area contributed by atoms with E-state index in [9.17, 15) is 19.6 Å². The average molecular weight is 514 g/mol. The van der Waals surface area contributed by atoms with Crippen molar-refractivity contribution in [3.63, 3.8) is 0 Å². The number of ether oxygens (including phenoxy) is 1. The maximum Gasteiger partial charge on any atom is 0.308 e. The van der Waals surface area contributed by atoms with Crippen LogP contribution in [0.3, 0.4) is 0 Å². The van der Waals surface area contributed by atoms with Gasteiger partial charge in [-0.2, -0.15) is 0 Å². The summed E-state index contributed by atoms with van der Waals surface area (Å²) in [6.07, 6.45) is 2.95. The lowest BCUT2D eigenvalue weighted by Crippen LogP contribution is -2.38. The summed E-state index contributed by atoms with van der Waals surface area (Å²) in [6.45, 7) is 2.65. The highest BCUT2D eigenvalue weighted by atomic mass is 16.5. The summed E-state index contributed by atoms with van der Waals surface area (Å²) in [6, 6.07) is 23.0. The van der Waals surface area contributed by atoms with Crippen LogP contribution in [0, 0.1) is 5.92 Å². The summed E-state index contributed by atoms with van der Waals surface area (Å²) in [5, 5.41) is 16.1. The Morgan fingerprint density at radius 3 is 2.18 bits per heavy atom. The van der Waals surface area contributed by atoms with Crippen molar-refractivity contribution in [2.24, 2.45) is 11.1 Å². The first-order valence-electron chi connectivity index (χ1n) is 12.7. The van der Waals surface area contributed by atoms with Gasteiger partial charge in [0, 0.05) is 48.5 Å². The van der Waals surface area contributed by atoms with E-state index < -0.39 is 5.97 Å². The minimum Gasteiger partial charge on any atom is -0.426 e. The van der Waals surface area contributed by atoms with Crippen LogP contribution >= 0.6 is 0 Å². The predicted molar refractivity (Wildman–Crippen MR) is 145 cm³/mol. The number of esters is 1. The number of hydrogen-bond donors (Lipinski definition) is 2. The number of rotatable bonds is 8. The first-order valence-corrected chi connectivity index (χ1v) is 12.7. The molecule has 1 aliphatic rings. The summed E-state index contributed by atoms with van der Waals surface area (Å²) in [4.78, 5) is 38.9. The fourth-order valence-electron chi connectivity index (χ4n) is 4.64. The third-order valence-corrected chi connectivity index (χ3v) is 6.67. The van der Waals surface area contributed by atoms with Crippen molar-refractivity contribution in [3.05, 3.63) is 95.6 Å². The molecule has 0 unspecified atom stereocenters. The quantitative estimate of drug-likeness (QED) is 0.138. The highest BCUT2D eigenvalue weighted by Gasteiger charge is 2.24. The molecule has 1 aliphatic heterocycles. The van der Waals surface area contributed by atoms with Gasteiger partial charge in [0.2, 0.25) is 0 Å². The molecule has 4 rings (SSSR count). The molecule has 0 aliphatic carbocycles. The van der Waals surface area contributed by atoms with Gasteiger partial charge in [0.25, 0.3) is 11.8 Å². The van der Waals surface area contributed by atoms with Crippen LogP contribution in [-0.2, 0) is 4.79 Å². The van der Waals surface area contributed by atoms with Crippen molar-refractivity contribution in [1.29, 1.82) is 0 Å². The molecule has 3 aromatic rings. The second kappa shape index (κ2) is 12.7. The maximum absolute atomic E-state index is 12.7. The number of likely N-dealkylation sites (tertiary alicyclic amines) is 1. The number of piperidine rings is 1. The Kier molecular flexibility index (Phi) is 8.87. The topological polar surface area (TPSA) is 108 Å². The summed E-state index contributed by atoms with van der Waals surface area (Å²) in [5.41, 5.74) is 2.52. The van der Waals surface area contributed by atoms with Crippen molar-refractivity contribution < 1.29 is 24.3 Å². The van der Waals surface area contributed by atoms with Crippen molar-refractivity contribution >= 4 is 29.2 Å². The molecule has 0 spiro atoms. The molecule has 196 valence electrons. The number of nitrogens with zero attached hydrogens (tertiary/aromatic N) is 2. The Morgan fingerprint density at radius 2 is 1.58 bits per heavy atom. The highest BCUT2D eigenvalue weighted by Crippen LogP contribution is 2.29. The molecule has 3 aromatic carbocycles. The largest absolute Gasteiger partial charge is 0.426 e. The van der Waals surface area contributed by atoms with Gasteiger partial charge in [0.1, 0.15) is 5.75 Å². The molecule has 1 fully saturated rings. The minimum absolute atomic E-state index is 0.0483. The van der Waals surface area contributed by atoms with Crippen LogP contribution in [-0.4, -0.2) is 46.7 Å². The van der Waals surface area contributed by atoms with E-state index in [0.29, 0.717) is 53.5 Å². The molecule has 1 heterocycles. The summed E-state index contributed by atoms with van der Waals surface area (Å²) in [7, 11) is 0. The van der Waals surface area contributed by atoms with Gasteiger partial charge in [0.15, 0.2) is 0 Å². The van der Waals surface area contributed by atoms with E-state index in [0.717, 1.165) is 19.3 Å². The van der Waals surface area contributed by atoms with Crippen LogP contribution in [0.1, 0.15) is 58.9 Å². The van der Waals surface area contributed by atoms with Crippen molar-refractivity contribution in [2.45, 2.75) is 32.6 Å². The van der Waals surface area contributed by atoms with Crippen LogP contribution in [0.2, 0.25) is 0 Å². The second-order valence-electron chi connectivity index (χ2n) is 9.31. The molecule has 0 atom stereocenters. The van der Waals surface area contributed by atoms with Crippen molar-refractivity contribution in [1.82, 2.24) is 4.90 Å². The van der Waals surface area contributed by atoms with Gasteiger partial charge >= 0.3 is 5.97 Å². The van der Waals surface area contributed by atoms with Gasteiger partial charge in [-0.25, -0.2) is 0 Å². The molecule has 8 heteroatoms. The van der Waals surface area contributed by atoms with Gasteiger partial charge in [-0.15, -0.1) is 0 Å². The number of carbonyl (C=O) groups is 3. The van der Waals surface area contributed by atoms with E-state index in [4.69, 9.17) is 4.74 Å². The lowest BCUT2D eigenvalue weighted by Gasteiger charge is -2.32. The molecular formula is C30H31N3O5. The summed E-state index contributed by atoms with van der Waals surface area (Å²) in [5.74, 6) is -0.189. The van der Waals surface area contributed by atoms with Crippen LogP contribution in [0.4, 0.5) is 5.69 Å². The molecule has 1 saturated heterocycles. The minimum atomic E-state index is -0.523. The fraction of sp³-hybridized carbons (Fsp3) is 0.267. The van der Waals surface area contributed by atoms with Crippen LogP contribution < -0.4 is 10.1 Å². The van der Waals surface area contributed by atoms with E-state index in [1.165, 1.54) is 6.92 Å². The number of hydrogen-bond acceptors (Lipinski definition) is 6. The first-order chi connectivity index (χ1) is 18.4. The molecule has 8 nitrogen and oxygen atoms in total. The second-order valence-corrected chi connectivity index (χ2v) is 9.31. The Balaban J connectivity index is 1.38. The molecule has 0 saturated carbocycles. The van der Waals surface area contributed by atoms with E-state index in [1.807, 2.05) is 41.3 Å². The highest BCUT2D eigenvalue weighted by molar-refractivity contribution is 6.06.